The first-order valence-electron chi connectivity index (χ1n) is 3.14. The minimum Gasteiger partial charge on any atom is -0.391 e. The van der Waals surface area contributed by atoms with Gasteiger partial charge in [0.05, 0.1) is 0 Å². The lowest BCUT2D eigenvalue weighted by atomic mass is 10.4. The lowest BCUT2D eigenvalue weighted by Gasteiger charge is -2.20. The first-order valence-corrected chi connectivity index (χ1v) is 3.14. The van der Waals surface area contributed by atoms with Crippen LogP contribution in [0.15, 0.2) is 0 Å². The molecule has 66 valence electrons. The van der Waals surface area contributed by atoms with Crippen molar-refractivity contribution in [3.8, 4) is 0 Å². The van der Waals surface area contributed by atoms with Crippen molar-refractivity contribution >= 4 is 17.9 Å². The Hall–Kier alpha value is -1.59. The zero-order chi connectivity index (χ0) is 9.14. The number of carbonyl (C=O) groups is 3. The summed E-state index contributed by atoms with van der Waals surface area (Å²) in [5.41, 5.74) is 0. The van der Waals surface area contributed by atoms with Crippen molar-refractivity contribution in [2.75, 3.05) is 0 Å². The summed E-state index contributed by atoms with van der Waals surface area (Å²) in [6, 6.07) is 0. The fourth-order valence-corrected chi connectivity index (χ4v) is 0.624. The number of carbonyl (C=O) groups excluding carboxylic acids is 3. The van der Waals surface area contributed by atoms with Crippen molar-refractivity contribution in [2.24, 2.45) is 0 Å². The molecule has 1 rings (SSSR count). The maximum Gasteiger partial charge on any atom is 0.412 e. The van der Waals surface area contributed by atoms with Gasteiger partial charge in [-0.25, -0.2) is 0 Å². The smallest absolute Gasteiger partial charge is 0.391 e. The van der Waals surface area contributed by atoms with Crippen LogP contribution in [0.3, 0.4) is 0 Å². The van der Waals surface area contributed by atoms with Gasteiger partial charge in [0.2, 0.25) is 0 Å². The number of cyclic esters (lactones) is 2. The molecule has 0 aromatic heterocycles. The zero-order valence-electron chi connectivity index (χ0n) is 6.23. The number of hydrogen-bond acceptors (Lipinski definition) is 6. The average molecular weight is 174 g/mol. The molecule has 0 unspecified atom stereocenters. The Kier molecular flexibility index (Phi) is 2.27. The van der Waals surface area contributed by atoms with Crippen LogP contribution < -0.4 is 0 Å². The van der Waals surface area contributed by atoms with Crippen LogP contribution in [0.2, 0.25) is 0 Å². The molecule has 1 aliphatic heterocycles. The highest BCUT2D eigenvalue weighted by Crippen LogP contribution is 2.08. The Morgan fingerprint density at radius 1 is 1.42 bits per heavy atom. The standard InChI is InChI=1S/C6H6O6/c1-3(7)10-6-11-4(8)2-5(9)12-6/h6H,2H2,1H3. The molecule has 0 saturated carbocycles. The lowest BCUT2D eigenvalue weighted by molar-refractivity contribution is -0.267. The third-order valence-corrected chi connectivity index (χ3v) is 1.01. The molecule has 12 heavy (non-hydrogen) atoms. The van der Waals surface area contributed by atoms with Crippen LogP contribution in [0, 0.1) is 0 Å². The van der Waals surface area contributed by atoms with Gasteiger partial charge in [-0.15, -0.1) is 0 Å². The van der Waals surface area contributed by atoms with Gasteiger partial charge in [0.1, 0.15) is 6.42 Å². The van der Waals surface area contributed by atoms with Crippen LogP contribution in [0.5, 0.6) is 0 Å². The van der Waals surface area contributed by atoms with Crippen molar-refractivity contribution in [1.29, 1.82) is 0 Å². The van der Waals surface area contributed by atoms with E-state index in [1.165, 1.54) is 0 Å². The van der Waals surface area contributed by atoms with Crippen molar-refractivity contribution in [3.05, 3.63) is 0 Å². The fraction of sp³-hybridized carbons (Fsp3) is 0.500. The van der Waals surface area contributed by atoms with E-state index in [1.807, 2.05) is 0 Å². The Labute approximate surface area is 67.4 Å². The van der Waals surface area contributed by atoms with Crippen LogP contribution in [-0.2, 0) is 28.6 Å². The van der Waals surface area contributed by atoms with E-state index in [2.05, 4.69) is 14.2 Å². The summed E-state index contributed by atoms with van der Waals surface area (Å²) in [4.78, 5) is 31.4. The molecule has 1 aliphatic rings. The minimum absolute atomic E-state index is 0.447. The van der Waals surface area contributed by atoms with Gasteiger partial charge >= 0.3 is 24.4 Å². The normalized spacial score (nSPS) is 18.1. The summed E-state index contributed by atoms with van der Waals surface area (Å²) in [6.45, 7) is -0.410. The highest BCUT2D eigenvalue weighted by atomic mass is 16.9. The number of rotatable bonds is 1. The summed E-state index contributed by atoms with van der Waals surface area (Å²) in [6.07, 6.45) is -0.447. The molecule has 6 heteroatoms. The van der Waals surface area contributed by atoms with Crippen LogP contribution in [0.1, 0.15) is 13.3 Å². The van der Waals surface area contributed by atoms with E-state index in [0.717, 1.165) is 6.92 Å². The van der Waals surface area contributed by atoms with E-state index >= 15 is 0 Å². The molecule has 0 aliphatic carbocycles. The highest BCUT2D eigenvalue weighted by Gasteiger charge is 2.29. The summed E-state index contributed by atoms with van der Waals surface area (Å²) >= 11 is 0. The second kappa shape index (κ2) is 3.21. The zero-order valence-corrected chi connectivity index (χ0v) is 6.23. The Morgan fingerprint density at radius 3 is 2.33 bits per heavy atom. The largest absolute Gasteiger partial charge is 0.412 e. The molecule has 0 radical (unpaired) electrons. The molecule has 1 saturated heterocycles. The van der Waals surface area contributed by atoms with Gasteiger partial charge in [0.15, 0.2) is 0 Å². The van der Waals surface area contributed by atoms with Gasteiger partial charge in [-0.05, 0) is 0 Å². The summed E-state index contributed by atoms with van der Waals surface area (Å²) in [5, 5.41) is 0. The fourth-order valence-electron chi connectivity index (χ4n) is 0.624. The van der Waals surface area contributed by atoms with Gasteiger partial charge in [-0.1, -0.05) is 0 Å². The average Bonchev–Trinajstić information content (AvgIpc) is 1.81. The van der Waals surface area contributed by atoms with Gasteiger partial charge in [0.25, 0.3) is 0 Å². The molecule has 0 spiro atoms. The van der Waals surface area contributed by atoms with E-state index in [4.69, 9.17) is 0 Å². The van der Waals surface area contributed by atoms with Gasteiger partial charge in [-0.2, -0.15) is 0 Å². The number of ether oxygens (including phenoxy) is 3. The first-order chi connectivity index (χ1) is 5.58. The maximum absolute atomic E-state index is 10.6. The molecule has 0 bridgehead atoms. The van der Waals surface area contributed by atoms with Crippen molar-refractivity contribution in [3.63, 3.8) is 0 Å². The minimum atomic E-state index is -1.52. The second-order valence-corrected chi connectivity index (χ2v) is 2.05. The van der Waals surface area contributed by atoms with Crippen molar-refractivity contribution < 1.29 is 28.6 Å². The quantitative estimate of drug-likeness (QED) is 0.387. The maximum atomic E-state index is 10.6. The number of esters is 3. The predicted octanol–water partition coefficient (Wildman–Crippen LogP) is -0.677. The summed E-state index contributed by atoms with van der Waals surface area (Å²) in [5.74, 6) is -2.22. The van der Waals surface area contributed by atoms with Crippen molar-refractivity contribution in [2.45, 2.75) is 19.8 Å². The third-order valence-electron chi connectivity index (χ3n) is 1.01. The Bertz CT molecular complexity index is 213. The lowest BCUT2D eigenvalue weighted by Crippen LogP contribution is -2.35. The predicted molar refractivity (Wildman–Crippen MR) is 32.4 cm³/mol. The molecular weight excluding hydrogens is 168 g/mol. The topological polar surface area (TPSA) is 78.9 Å². The monoisotopic (exact) mass is 174 g/mol. The van der Waals surface area contributed by atoms with E-state index in [-0.39, 0.29) is 0 Å². The van der Waals surface area contributed by atoms with Crippen LogP contribution in [-0.4, -0.2) is 24.4 Å². The SMILES string of the molecule is CC(=O)OC1OC(=O)CC(=O)O1. The van der Waals surface area contributed by atoms with Gasteiger partial charge in [-0.3, -0.25) is 14.4 Å². The van der Waals surface area contributed by atoms with Crippen LogP contribution >= 0.6 is 0 Å². The molecule has 0 N–H and O–H groups in total. The van der Waals surface area contributed by atoms with Gasteiger partial charge < -0.3 is 14.2 Å². The Balaban J connectivity index is 2.49. The molecule has 1 heterocycles. The Morgan fingerprint density at radius 2 is 1.92 bits per heavy atom. The van der Waals surface area contributed by atoms with E-state index in [0.29, 0.717) is 0 Å². The van der Waals surface area contributed by atoms with E-state index in [9.17, 15) is 14.4 Å². The third kappa shape index (κ3) is 2.22. The highest BCUT2D eigenvalue weighted by molar-refractivity contribution is 5.92. The van der Waals surface area contributed by atoms with Crippen LogP contribution in [0.4, 0.5) is 0 Å². The molecule has 0 aromatic rings. The number of hydrogen-bond donors (Lipinski definition) is 0. The molecule has 1 fully saturated rings. The second-order valence-electron chi connectivity index (χ2n) is 2.05. The summed E-state index contributed by atoms with van der Waals surface area (Å²) in [7, 11) is 0. The molecule has 0 aromatic carbocycles. The molecule has 0 atom stereocenters. The summed E-state index contributed by atoms with van der Waals surface area (Å²) < 4.78 is 13.0. The van der Waals surface area contributed by atoms with Crippen molar-refractivity contribution in [1.82, 2.24) is 0 Å². The first kappa shape index (κ1) is 8.51. The van der Waals surface area contributed by atoms with Crippen LogP contribution in [0.25, 0.3) is 0 Å². The van der Waals surface area contributed by atoms with Gasteiger partial charge in [0, 0.05) is 6.92 Å². The van der Waals surface area contributed by atoms with E-state index < -0.39 is 30.8 Å². The molecular formula is C6H6O6. The molecule has 6 nitrogen and oxygen atoms in total. The molecule has 0 amide bonds. The van der Waals surface area contributed by atoms with E-state index in [1.54, 1.807) is 0 Å².